The number of hydrogen-bond donors (Lipinski definition) is 1. The first-order valence-corrected chi connectivity index (χ1v) is 4.82. The molecule has 0 bridgehead atoms. The van der Waals surface area contributed by atoms with Crippen LogP contribution in [0.4, 0.5) is 0 Å². The van der Waals surface area contributed by atoms with Crippen molar-refractivity contribution in [2.45, 2.75) is 6.04 Å². The molecule has 0 unspecified atom stereocenters. The maximum absolute atomic E-state index is 5.73. The van der Waals surface area contributed by atoms with Gasteiger partial charge in [-0.15, -0.1) is 0 Å². The van der Waals surface area contributed by atoms with E-state index in [1.54, 1.807) is 0 Å². The van der Waals surface area contributed by atoms with E-state index in [1.807, 2.05) is 30.3 Å². The summed E-state index contributed by atoms with van der Waals surface area (Å²) in [5.74, 6) is 2.00. The van der Waals surface area contributed by atoms with Gasteiger partial charge in [0, 0.05) is 12.1 Å². The highest BCUT2D eigenvalue weighted by Crippen LogP contribution is 2.28. The second kappa shape index (κ2) is 3.00. The van der Waals surface area contributed by atoms with Gasteiger partial charge in [-0.1, -0.05) is 30.3 Å². The standard InChI is InChI=1S/C12H11NO/c1-2-4-9(5-3-1)11-6-7-12(14-11)10-8-13-10/h1-7,10,13H,8H2/t10-/m1/s1. The van der Waals surface area contributed by atoms with Gasteiger partial charge in [0.2, 0.25) is 0 Å². The summed E-state index contributed by atoms with van der Waals surface area (Å²) in [6, 6.07) is 14.7. The highest BCUT2D eigenvalue weighted by atomic mass is 16.3. The molecule has 0 saturated carbocycles. The van der Waals surface area contributed by atoms with Gasteiger partial charge >= 0.3 is 0 Å². The van der Waals surface area contributed by atoms with Crippen LogP contribution >= 0.6 is 0 Å². The predicted molar refractivity (Wildman–Crippen MR) is 54.9 cm³/mol. The first-order chi connectivity index (χ1) is 6.93. The Kier molecular flexibility index (Phi) is 1.67. The fourth-order valence-electron chi connectivity index (χ4n) is 1.56. The molecule has 0 spiro atoms. The van der Waals surface area contributed by atoms with Gasteiger partial charge in [-0.25, -0.2) is 0 Å². The third-order valence-electron chi connectivity index (χ3n) is 2.44. The van der Waals surface area contributed by atoms with E-state index < -0.39 is 0 Å². The zero-order valence-electron chi connectivity index (χ0n) is 7.73. The molecule has 1 aromatic heterocycles. The van der Waals surface area contributed by atoms with Crippen molar-refractivity contribution in [1.82, 2.24) is 5.32 Å². The van der Waals surface area contributed by atoms with E-state index in [0.29, 0.717) is 6.04 Å². The first kappa shape index (κ1) is 7.83. The molecule has 70 valence electrons. The Balaban J connectivity index is 1.96. The van der Waals surface area contributed by atoms with Crippen LogP contribution in [0.5, 0.6) is 0 Å². The molecule has 3 rings (SSSR count). The maximum atomic E-state index is 5.73. The summed E-state index contributed by atoms with van der Waals surface area (Å²) in [6.45, 7) is 1.04. The van der Waals surface area contributed by atoms with E-state index in [1.165, 1.54) is 0 Å². The Morgan fingerprint density at radius 3 is 2.57 bits per heavy atom. The van der Waals surface area contributed by atoms with Crippen LogP contribution in [0.15, 0.2) is 46.9 Å². The Morgan fingerprint density at radius 1 is 1.07 bits per heavy atom. The molecule has 2 heterocycles. The lowest BCUT2D eigenvalue weighted by Gasteiger charge is -1.95. The van der Waals surface area contributed by atoms with Gasteiger partial charge in [0.05, 0.1) is 6.04 Å². The number of furan rings is 1. The van der Waals surface area contributed by atoms with Crippen LogP contribution in [0.2, 0.25) is 0 Å². The second-order valence-corrected chi connectivity index (χ2v) is 3.53. The van der Waals surface area contributed by atoms with Gasteiger partial charge in [-0.2, -0.15) is 0 Å². The normalized spacial score (nSPS) is 19.6. The van der Waals surface area contributed by atoms with Gasteiger partial charge in [0.1, 0.15) is 11.5 Å². The monoisotopic (exact) mass is 185 g/mol. The van der Waals surface area contributed by atoms with Crippen molar-refractivity contribution >= 4 is 0 Å². The molecule has 1 atom stereocenters. The van der Waals surface area contributed by atoms with E-state index in [4.69, 9.17) is 4.42 Å². The van der Waals surface area contributed by atoms with Crippen LogP contribution in [-0.4, -0.2) is 6.54 Å². The number of nitrogens with one attached hydrogen (secondary N) is 1. The van der Waals surface area contributed by atoms with Crippen LogP contribution < -0.4 is 5.32 Å². The predicted octanol–water partition coefficient (Wildman–Crippen LogP) is 2.59. The minimum atomic E-state index is 0.451. The molecule has 1 saturated heterocycles. The largest absolute Gasteiger partial charge is 0.459 e. The van der Waals surface area contributed by atoms with E-state index in [9.17, 15) is 0 Å². The topological polar surface area (TPSA) is 35.1 Å². The Labute approximate surface area is 82.6 Å². The van der Waals surface area contributed by atoms with E-state index in [-0.39, 0.29) is 0 Å². The third kappa shape index (κ3) is 1.34. The zero-order chi connectivity index (χ0) is 9.38. The van der Waals surface area contributed by atoms with Crippen LogP contribution in [0, 0.1) is 0 Å². The molecular formula is C12H11NO. The number of hydrogen-bond acceptors (Lipinski definition) is 2. The highest BCUT2D eigenvalue weighted by Gasteiger charge is 2.25. The SMILES string of the molecule is c1ccc(-c2ccc([C@H]3CN3)o2)cc1. The average molecular weight is 185 g/mol. The number of rotatable bonds is 2. The van der Waals surface area contributed by atoms with Gasteiger partial charge in [-0.05, 0) is 12.1 Å². The summed E-state index contributed by atoms with van der Waals surface area (Å²) in [5, 5.41) is 3.22. The molecule has 1 aromatic carbocycles. The summed E-state index contributed by atoms with van der Waals surface area (Å²) < 4.78 is 5.73. The zero-order valence-corrected chi connectivity index (χ0v) is 7.73. The minimum absolute atomic E-state index is 0.451. The van der Waals surface area contributed by atoms with Gasteiger partial charge in [0.25, 0.3) is 0 Å². The molecule has 1 N–H and O–H groups in total. The van der Waals surface area contributed by atoms with Crippen LogP contribution in [0.25, 0.3) is 11.3 Å². The lowest BCUT2D eigenvalue weighted by atomic mass is 10.2. The fraction of sp³-hybridized carbons (Fsp3) is 0.167. The van der Waals surface area contributed by atoms with Crippen molar-refractivity contribution in [3.63, 3.8) is 0 Å². The molecule has 2 aromatic rings. The summed E-state index contributed by atoms with van der Waals surface area (Å²) in [6.07, 6.45) is 0. The molecular weight excluding hydrogens is 174 g/mol. The van der Waals surface area contributed by atoms with Gasteiger partial charge in [-0.3, -0.25) is 0 Å². The minimum Gasteiger partial charge on any atom is -0.459 e. The van der Waals surface area contributed by atoms with Crippen molar-refractivity contribution < 1.29 is 4.42 Å². The lowest BCUT2D eigenvalue weighted by Crippen LogP contribution is -1.77. The molecule has 14 heavy (non-hydrogen) atoms. The van der Waals surface area contributed by atoms with Crippen molar-refractivity contribution in [2.75, 3.05) is 6.54 Å². The smallest absolute Gasteiger partial charge is 0.134 e. The van der Waals surface area contributed by atoms with E-state index in [0.717, 1.165) is 23.6 Å². The quantitative estimate of drug-likeness (QED) is 0.730. The van der Waals surface area contributed by atoms with Crippen LogP contribution in [0.1, 0.15) is 11.8 Å². The molecule has 2 heteroatoms. The highest BCUT2D eigenvalue weighted by molar-refractivity contribution is 5.57. The third-order valence-corrected chi connectivity index (χ3v) is 2.44. The Hall–Kier alpha value is -1.54. The molecule has 1 aliphatic rings. The van der Waals surface area contributed by atoms with Crippen molar-refractivity contribution in [3.05, 3.63) is 48.2 Å². The van der Waals surface area contributed by atoms with Gasteiger partial charge in [0.15, 0.2) is 0 Å². The summed E-state index contributed by atoms with van der Waals surface area (Å²) in [7, 11) is 0. The molecule has 1 fully saturated rings. The molecule has 0 radical (unpaired) electrons. The molecule has 2 nitrogen and oxygen atoms in total. The molecule has 1 aliphatic heterocycles. The lowest BCUT2D eigenvalue weighted by molar-refractivity contribution is 0.523. The van der Waals surface area contributed by atoms with Crippen molar-refractivity contribution in [1.29, 1.82) is 0 Å². The Morgan fingerprint density at radius 2 is 1.86 bits per heavy atom. The number of benzene rings is 1. The van der Waals surface area contributed by atoms with E-state index in [2.05, 4.69) is 17.4 Å². The second-order valence-electron chi connectivity index (χ2n) is 3.53. The average Bonchev–Trinajstić information content (AvgIpc) is 2.98. The van der Waals surface area contributed by atoms with Crippen molar-refractivity contribution in [2.24, 2.45) is 0 Å². The van der Waals surface area contributed by atoms with Crippen LogP contribution in [0.3, 0.4) is 0 Å². The summed E-state index contributed by atoms with van der Waals surface area (Å²) in [5.41, 5.74) is 1.14. The fourth-order valence-corrected chi connectivity index (χ4v) is 1.56. The summed E-state index contributed by atoms with van der Waals surface area (Å²) in [4.78, 5) is 0. The van der Waals surface area contributed by atoms with Crippen molar-refractivity contribution in [3.8, 4) is 11.3 Å². The first-order valence-electron chi connectivity index (χ1n) is 4.82. The van der Waals surface area contributed by atoms with Crippen LogP contribution in [-0.2, 0) is 0 Å². The summed E-state index contributed by atoms with van der Waals surface area (Å²) >= 11 is 0. The molecule has 0 aliphatic carbocycles. The Bertz CT molecular complexity index is 429. The van der Waals surface area contributed by atoms with E-state index >= 15 is 0 Å². The van der Waals surface area contributed by atoms with Gasteiger partial charge < -0.3 is 9.73 Å². The maximum Gasteiger partial charge on any atom is 0.134 e. The molecule has 0 amide bonds.